The van der Waals surface area contributed by atoms with E-state index in [9.17, 15) is 14.4 Å². The number of imidazole rings is 1. The van der Waals surface area contributed by atoms with E-state index in [4.69, 9.17) is 28.3 Å². The van der Waals surface area contributed by atoms with Crippen LogP contribution in [0.5, 0.6) is 0 Å². The summed E-state index contributed by atoms with van der Waals surface area (Å²) in [6.07, 6.45) is 0. The Morgan fingerprint density at radius 2 is 2.08 bits per heavy atom. The van der Waals surface area contributed by atoms with Crippen molar-refractivity contribution < 1.29 is 9.90 Å². The SMILES string of the molecule is Cn1c(=O)[nH]c(=O)c2c1nc(Nc1cc(Cl)ccc1Cl)n2CC(=O)O. The molecule has 0 radical (unpaired) electrons. The molecule has 0 aliphatic heterocycles. The van der Waals surface area contributed by atoms with Gasteiger partial charge in [0, 0.05) is 12.1 Å². The van der Waals surface area contributed by atoms with Crippen molar-refractivity contribution in [2.75, 3.05) is 5.32 Å². The van der Waals surface area contributed by atoms with Gasteiger partial charge < -0.3 is 10.4 Å². The van der Waals surface area contributed by atoms with Gasteiger partial charge in [-0.3, -0.25) is 23.7 Å². The molecule has 0 saturated heterocycles. The fourth-order valence-electron chi connectivity index (χ4n) is 2.33. The third-order valence-electron chi connectivity index (χ3n) is 3.48. The standard InChI is InChI=1S/C14H11Cl2N5O4/c1-20-11-10(12(24)19-14(20)25)21(5-9(22)23)13(18-11)17-8-4-6(15)2-3-7(8)16/h2-4H,5H2,1H3,(H,17,18)(H,22,23)(H,19,24,25). The summed E-state index contributed by atoms with van der Waals surface area (Å²) in [6, 6.07) is 4.67. The van der Waals surface area contributed by atoms with Crippen molar-refractivity contribution in [3.8, 4) is 0 Å². The zero-order valence-electron chi connectivity index (χ0n) is 12.7. The molecule has 3 rings (SSSR count). The van der Waals surface area contributed by atoms with Crippen molar-refractivity contribution in [3.63, 3.8) is 0 Å². The normalized spacial score (nSPS) is 11.0. The van der Waals surface area contributed by atoms with Crippen molar-refractivity contribution in [1.29, 1.82) is 0 Å². The van der Waals surface area contributed by atoms with Gasteiger partial charge in [-0.05, 0) is 18.2 Å². The number of benzene rings is 1. The Morgan fingerprint density at radius 3 is 2.76 bits per heavy atom. The Morgan fingerprint density at radius 1 is 1.36 bits per heavy atom. The average molecular weight is 384 g/mol. The predicted molar refractivity (Wildman–Crippen MR) is 93.0 cm³/mol. The number of halogens is 2. The second-order valence-corrected chi connectivity index (χ2v) is 6.00. The summed E-state index contributed by atoms with van der Waals surface area (Å²) < 4.78 is 2.26. The summed E-state index contributed by atoms with van der Waals surface area (Å²) >= 11 is 12.0. The predicted octanol–water partition coefficient (Wildman–Crippen LogP) is 1.56. The van der Waals surface area contributed by atoms with Gasteiger partial charge in [-0.25, -0.2) is 4.79 Å². The highest BCUT2D eigenvalue weighted by Crippen LogP contribution is 2.29. The summed E-state index contributed by atoms with van der Waals surface area (Å²) in [5.41, 5.74) is -1.04. The first-order chi connectivity index (χ1) is 11.8. The zero-order valence-corrected chi connectivity index (χ0v) is 14.2. The quantitative estimate of drug-likeness (QED) is 0.628. The second-order valence-electron chi connectivity index (χ2n) is 5.15. The summed E-state index contributed by atoms with van der Waals surface area (Å²) in [4.78, 5) is 41.4. The fourth-order valence-corrected chi connectivity index (χ4v) is 2.67. The van der Waals surface area contributed by atoms with Crippen molar-refractivity contribution in [1.82, 2.24) is 19.1 Å². The lowest BCUT2D eigenvalue weighted by molar-refractivity contribution is -0.137. The van der Waals surface area contributed by atoms with Crippen molar-refractivity contribution in [2.45, 2.75) is 6.54 Å². The number of rotatable bonds is 4. The molecular formula is C14H11Cl2N5O4. The van der Waals surface area contributed by atoms with E-state index in [2.05, 4.69) is 15.3 Å². The van der Waals surface area contributed by atoms with E-state index in [-0.39, 0.29) is 17.1 Å². The summed E-state index contributed by atoms with van der Waals surface area (Å²) in [7, 11) is 1.41. The number of aryl methyl sites for hydroxylation is 1. The topological polar surface area (TPSA) is 122 Å². The monoisotopic (exact) mass is 383 g/mol. The molecule has 1 aromatic carbocycles. The molecule has 130 valence electrons. The van der Waals surface area contributed by atoms with Gasteiger partial charge in [-0.2, -0.15) is 4.98 Å². The van der Waals surface area contributed by atoms with Crippen LogP contribution in [0.15, 0.2) is 27.8 Å². The molecule has 2 heterocycles. The van der Waals surface area contributed by atoms with Crippen LogP contribution in [0.4, 0.5) is 11.6 Å². The number of anilines is 2. The first-order valence-electron chi connectivity index (χ1n) is 6.91. The molecule has 0 atom stereocenters. The van der Waals surface area contributed by atoms with Crippen molar-refractivity contribution >= 4 is 52.0 Å². The maximum atomic E-state index is 12.1. The van der Waals surface area contributed by atoms with Crippen LogP contribution in [0.1, 0.15) is 0 Å². The number of aliphatic carboxylic acids is 1. The third kappa shape index (κ3) is 3.11. The molecule has 3 N–H and O–H groups in total. The Kier molecular flexibility index (Phi) is 4.27. The van der Waals surface area contributed by atoms with E-state index in [1.54, 1.807) is 12.1 Å². The lowest BCUT2D eigenvalue weighted by atomic mass is 10.3. The Labute approximate surface area is 149 Å². The maximum Gasteiger partial charge on any atom is 0.329 e. The number of carbonyl (C=O) groups is 1. The molecule has 0 amide bonds. The molecule has 3 aromatic rings. The highest BCUT2D eigenvalue weighted by atomic mass is 35.5. The largest absolute Gasteiger partial charge is 0.480 e. The Hall–Kier alpha value is -2.78. The van der Waals surface area contributed by atoms with Gasteiger partial charge in [-0.15, -0.1) is 0 Å². The van der Waals surface area contributed by atoms with Gasteiger partial charge in [0.1, 0.15) is 6.54 Å². The lowest BCUT2D eigenvalue weighted by Crippen LogP contribution is -2.29. The third-order valence-corrected chi connectivity index (χ3v) is 4.04. The van der Waals surface area contributed by atoms with Crippen LogP contribution in [0.2, 0.25) is 10.0 Å². The molecule has 0 aliphatic carbocycles. The van der Waals surface area contributed by atoms with E-state index in [0.717, 1.165) is 9.13 Å². The van der Waals surface area contributed by atoms with E-state index >= 15 is 0 Å². The van der Waals surface area contributed by atoms with E-state index in [0.29, 0.717) is 15.7 Å². The van der Waals surface area contributed by atoms with Gasteiger partial charge in [0.15, 0.2) is 11.2 Å². The first kappa shape index (κ1) is 17.1. The summed E-state index contributed by atoms with van der Waals surface area (Å²) in [5.74, 6) is -1.15. The number of carboxylic acid groups (broad SMARTS) is 1. The highest BCUT2D eigenvalue weighted by molar-refractivity contribution is 6.35. The second kappa shape index (κ2) is 6.26. The van der Waals surface area contributed by atoms with E-state index in [1.165, 1.54) is 13.1 Å². The van der Waals surface area contributed by atoms with Gasteiger partial charge >= 0.3 is 11.7 Å². The van der Waals surface area contributed by atoms with Gasteiger partial charge in [-0.1, -0.05) is 23.2 Å². The minimum Gasteiger partial charge on any atom is -0.480 e. The van der Waals surface area contributed by atoms with Crippen LogP contribution >= 0.6 is 23.2 Å². The maximum absolute atomic E-state index is 12.1. The smallest absolute Gasteiger partial charge is 0.329 e. The van der Waals surface area contributed by atoms with Crippen LogP contribution in [0.25, 0.3) is 11.2 Å². The minimum absolute atomic E-state index is 0.0354. The molecule has 11 heteroatoms. The van der Waals surface area contributed by atoms with Gasteiger partial charge in [0.2, 0.25) is 5.95 Å². The molecule has 2 aromatic heterocycles. The average Bonchev–Trinajstić information content (AvgIpc) is 2.87. The van der Waals surface area contributed by atoms with Gasteiger partial charge in [0.05, 0.1) is 10.7 Å². The highest BCUT2D eigenvalue weighted by Gasteiger charge is 2.19. The van der Waals surface area contributed by atoms with Crippen LogP contribution in [-0.4, -0.2) is 30.2 Å². The minimum atomic E-state index is -1.19. The molecule has 0 unspecified atom stereocenters. The molecule has 25 heavy (non-hydrogen) atoms. The first-order valence-corrected chi connectivity index (χ1v) is 7.67. The number of H-pyrrole nitrogens is 1. The zero-order chi connectivity index (χ0) is 18.3. The number of nitrogens with zero attached hydrogens (tertiary/aromatic N) is 3. The summed E-state index contributed by atoms with van der Waals surface area (Å²) in [5, 5.41) is 12.7. The van der Waals surface area contributed by atoms with E-state index in [1.807, 2.05) is 0 Å². The number of nitrogens with one attached hydrogen (secondary N) is 2. The summed E-state index contributed by atoms with van der Waals surface area (Å²) in [6.45, 7) is -0.543. The Bertz CT molecular complexity index is 1110. The molecule has 0 spiro atoms. The number of aromatic amines is 1. The number of aromatic nitrogens is 4. The molecule has 9 nitrogen and oxygen atoms in total. The Balaban J connectivity index is 2.27. The fraction of sp³-hybridized carbons (Fsp3) is 0.143. The van der Waals surface area contributed by atoms with Crippen molar-refractivity contribution in [2.24, 2.45) is 7.05 Å². The molecular weight excluding hydrogens is 373 g/mol. The van der Waals surface area contributed by atoms with E-state index < -0.39 is 23.8 Å². The number of hydrogen-bond acceptors (Lipinski definition) is 5. The van der Waals surface area contributed by atoms with Crippen LogP contribution in [0, 0.1) is 0 Å². The molecule has 0 fully saturated rings. The van der Waals surface area contributed by atoms with Crippen LogP contribution in [-0.2, 0) is 18.4 Å². The van der Waals surface area contributed by atoms with Gasteiger partial charge in [0.25, 0.3) is 5.56 Å². The number of carboxylic acids is 1. The number of hydrogen-bond donors (Lipinski definition) is 3. The number of fused-ring (bicyclic) bond motifs is 1. The molecule has 0 saturated carbocycles. The van der Waals surface area contributed by atoms with Crippen LogP contribution < -0.4 is 16.6 Å². The molecule has 0 bridgehead atoms. The lowest BCUT2D eigenvalue weighted by Gasteiger charge is -2.10. The molecule has 0 aliphatic rings. The van der Waals surface area contributed by atoms with Crippen molar-refractivity contribution in [3.05, 3.63) is 49.1 Å². The van der Waals surface area contributed by atoms with Crippen LogP contribution in [0.3, 0.4) is 0 Å².